The van der Waals surface area contributed by atoms with E-state index in [0.717, 1.165) is 12.1 Å². The van der Waals surface area contributed by atoms with E-state index in [1.807, 2.05) is 49.2 Å². The van der Waals surface area contributed by atoms with Crippen LogP contribution in [0.2, 0.25) is 0 Å². The molecule has 4 nitrogen and oxygen atoms in total. The third-order valence-corrected chi connectivity index (χ3v) is 4.33. The SMILES string of the molecule is CCN(C)C(=S)SC(C[N+](=O)[O-])c1ccccc1. The Kier molecular flexibility index (Phi) is 6.07. The van der Waals surface area contributed by atoms with E-state index in [1.165, 1.54) is 11.8 Å². The summed E-state index contributed by atoms with van der Waals surface area (Å²) in [6, 6.07) is 9.46. The lowest BCUT2D eigenvalue weighted by Gasteiger charge is -2.20. The molecule has 0 bridgehead atoms. The van der Waals surface area contributed by atoms with Gasteiger partial charge in [-0.2, -0.15) is 0 Å². The van der Waals surface area contributed by atoms with Crippen molar-refractivity contribution >= 4 is 28.3 Å². The summed E-state index contributed by atoms with van der Waals surface area (Å²) in [5.41, 5.74) is 0.936. The number of nitro groups is 1. The minimum Gasteiger partial charge on any atom is -0.361 e. The molecule has 0 aromatic heterocycles. The summed E-state index contributed by atoms with van der Waals surface area (Å²) in [5, 5.41) is 10.5. The smallest absolute Gasteiger partial charge is 0.220 e. The Bertz CT molecular complexity index is 412. The number of hydrogen-bond acceptors (Lipinski definition) is 4. The molecule has 18 heavy (non-hydrogen) atoms. The first-order valence-corrected chi connectivity index (χ1v) is 6.91. The fraction of sp³-hybridized carbons (Fsp3) is 0.417. The molecule has 1 unspecified atom stereocenters. The maximum atomic E-state index is 10.7. The largest absolute Gasteiger partial charge is 0.361 e. The van der Waals surface area contributed by atoms with Crippen LogP contribution in [-0.2, 0) is 0 Å². The maximum Gasteiger partial charge on any atom is 0.220 e. The molecule has 1 atom stereocenters. The summed E-state index contributed by atoms with van der Waals surface area (Å²) in [5.74, 6) is 0. The third kappa shape index (κ3) is 4.62. The minimum atomic E-state index is -0.292. The second kappa shape index (κ2) is 7.33. The second-order valence-corrected chi connectivity index (χ2v) is 5.65. The molecule has 0 radical (unpaired) electrons. The summed E-state index contributed by atoms with van der Waals surface area (Å²) in [6.07, 6.45) is 0. The Morgan fingerprint density at radius 3 is 2.61 bits per heavy atom. The summed E-state index contributed by atoms with van der Waals surface area (Å²) in [4.78, 5) is 12.4. The number of nitrogens with zero attached hydrogens (tertiary/aromatic N) is 2. The van der Waals surface area contributed by atoms with E-state index in [0.29, 0.717) is 4.32 Å². The highest BCUT2D eigenvalue weighted by Crippen LogP contribution is 2.30. The molecule has 1 rings (SSSR count). The number of benzene rings is 1. The van der Waals surface area contributed by atoms with Crippen molar-refractivity contribution < 1.29 is 4.92 Å². The van der Waals surface area contributed by atoms with Gasteiger partial charge in [-0.3, -0.25) is 10.1 Å². The van der Waals surface area contributed by atoms with Crippen LogP contribution in [0.3, 0.4) is 0 Å². The van der Waals surface area contributed by atoms with Crippen molar-refractivity contribution in [3.8, 4) is 0 Å². The average Bonchev–Trinajstić information content (AvgIpc) is 2.37. The van der Waals surface area contributed by atoms with Gasteiger partial charge < -0.3 is 4.90 Å². The van der Waals surface area contributed by atoms with Gasteiger partial charge in [-0.1, -0.05) is 54.3 Å². The molecule has 0 aliphatic heterocycles. The molecule has 0 spiro atoms. The van der Waals surface area contributed by atoms with Crippen LogP contribution in [0, 0.1) is 10.1 Å². The van der Waals surface area contributed by atoms with Crippen LogP contribution >= 0.6 is 24.0 Å². The van der Waals surface area contributed by atoms with Gasteiger partial charge in [-0.15, -0.1) is 0 Å². The number of rotatable bonds is 5. The molecule has 98 valence electrons. The molecule has 1 aromatic carbocycles. The van der Waals surface area contributed by atoms with Crippen molar-refractivity contribution in [1.82, 2.24) is 4.90 Å². The molecule has 0 aliphatic rings. The van der Waals surface area contributed by atoms with Crippen LogP contribution in [0.4, 0.5) is 0 Å². The highest BCUT2D eigenvalue weighted by molar-refractivity contribution is 8.23. The number of hydrogen-bond donors (Lipinski definition) is 0. The van der Waals surface area contributed by atoms with E-state index in [4.69, 9.17) is 12.2 Å². The highest BCUT2D eigenvalue weighted by atomic mass is 32.2. The normalized spacial score (nSPS) is 11.9. The number of thiocarbonyl (C=S) groups is 1. The Hall–Kier alpha value is -1.14. The van der Waals surface area contributed by atoms with Gasteiger partial charge in [0.05, 0.1) is 0 Å². The molecule has 0 saturated heterocycles. The molecule has 0 heterocycles. The molecular weight excluding hydrogens is 268 g/mol. The third-order valence-electron chi connectivity index (χ3n) is 2.52. The molecule has 1 aromatic rings. The predicted octanol–water partition coefficient (Wildman–Crippen LogP) is 2.97. The monoisotopic (exact) mass is 284 g/mol. The molecule has 0 N–H and O–H groups in total. The Morgan fingerprint density at radius 2 is 2.11 bits per heavy atom. The molecule has 6 heteroatoms. The fourth-order valence-corrected chi connectivity index (χ4v) is 2.87. The quantitative estimate of drug-likeness (QED) is 0.472. The van der Waals surface area contributed by atoms with E-state index < -0.39 is 0 Å². The van der Waals surface area contributed by atoms with Gasteiger partial charge in [-0.25, -0.2) is 0 Å². The van der Waals surface area contributed by atoms with E-state index in [2.05, 4.69) is 0 Å². The van der Waals surface area contributed by atoms with Crippen LogP contribution in [-0.4, -0.2) is 34.3 Å². The Balaban J connectivity index is 2.80. The van der Waals surface area contributed by atoms with Crippen molar-refractivity contribution in [1.29, 1.82) is 0 Å². The summed E-state index contributed by atoms with van der Waals surface area (Å²) in [6.45, 7) is 2.68. The van der Waals surface area contributed by atoms with Crippen LogP contribution < -0.4 is 0 Å². The van der Waals surface area contributed by atoms with Crippen molar-refractivity contribution in [3.05, 3.63) is 46.0 Å². The minimum absolute atomic E-state index is 0.119. The van der Waals surface area contributed by atoms with Crippen molar-refractivity contribution in [2.45, 2.75) is 12.2 Å². The second-order valence-electron chi connectivity index (χ2n) is 3.81. The maximum absolute atomic E-state index is 10.7. The van der Waals surface area contributed by atoms with E-state index >= 15 is 0 Å². The van der Waals surface area contributed by atoms with Gasteiger partial charge in [0.15, 0.2) is 0 Å². The van der Waals surface area contributed by atoms with E-state index in [1.54, 1.807) is 0 Å². The first-order valence-electron chi connectivity index (χ1n) is 5.63. The van der Waals surface area contributed by atoms with Crippen LogP contribution in [0.1, 0.15) is 17.7 Å². The predicted molar refractivity (Wildman–Crippen MR) is 79.5 cm³/mol. The lowest BCUT2D eigenvalue weighted by atomic mass is 10.1. The van der Waals surface area contributed by atoms with Gasteiger partial charge >= 0.3 is 0 Å². The van der Waals surface area contributed by atoms with E-state index in [-0.39, 0.29) is 16.7 Å². The van der Waals surface area contributed by atoms with Gasteiger partial charge in [0.1, 0.15) is 9.57 Å². The summed E-state index contributed by atoms with van der Waals surface area (Å²) < 4.78 is 0.688. The lowest BCUT2D eigenvalue weighted by molar-refractivity contribution is -0.479. The number of thioether (sulfide) groups is 1. The first kappa shape index (κ1) is 14.9. The Labute approximate surface area is 117 Å². The zero-order valence-corrected chi connectivity index (χ0v) is 12.0. The Morgan fingerprint density at radius 1 is 1.50 bits per heavy atom. The highest BCUT2D eigenvalue weighted by Gasteiger charge is 2.21. The van der Waals surface area contributed by atoms with Crippen LogP contribution in [0.25, 0.3) is 0 Å². The molecule has 0 saturated carbocycles. The first-order chi connectivity index (χ1) is 8.54. The topological polar surface area (TPSA) is 46.4 Å². The molecule has 0 amide bonds. The van der Waals surface area contributed by atoms with Crippen molar-refractivity contribution in [2.75, 3.05) is 20.1 Å². The summed E-state index contributed by atoms with van der Waals surface area (Å²) >= 11 is 6.65. The molecule has 0 aliphatic carbocycles. The average molecular weight is 284 g/mol. The summed E-state index contributed by atoms with van der Waals surface area (Å²) in [7, 11) is 1.89. The van der Waals surface area contributed by atoms with Gasteiger partial charge in [0.25, 0.3) is 0 Å². The van der Waals surface area contributed by atoms with Crippen molar-refractivity contribution in [2.24, 2.45) is 0 Å². The van der Waals surface area contributed by atoms with Crippen LogP contribution in [0.5, 0.6) is 0 Å². The van der Waals surface area contributed by atoms with Gasteiger partial charge in [0, 0.05) is 18.5 Å². The van der Waals surface area contributed by atoms with Gasteiger partial charge in [-0.05, 0) is 12.5 Å². The van der Waals surface area contributed by atoms with Gasteiger partial charge in [0.2, 0.25) is 6.54 Å². The molecular formula is C12H16N2O2S2. The van der Waals surface area contributed by atoms with Crippen LogP contribution in [0.15, 0.2) is 30.3 Å². The van der Waals surface area contributed by atoms with E-state index in [9.17, 15) is 10.1 Å². The lowest BCUT2D eigenvalue weighted by Crippen LogP contribution is -2.24. The zero-order valence-electron chi connectivity index (χ0n) is 10.4. The zero-order chi connectivity index (χ0) is 13.5. The standard InChI is InChI=1S/C12H16N2O2S2/c1-3-13(2)12(17)18-11(9-14(15)16)10-7-5-4-6-8-10/h4-8,11H,3,9H2,1-2H3. The fourth-order valence-electron chi connectivity index (χ4n) is 1.35. The molecule has 0 fully saturated rings. The van der Waals surface area contributed by atoms with Crippen molar-refractivity contribution in [3.63, 3.8) is 0 Å².